The van der Waals surface area contributed by atoms with Gasteiger partial charge in [-0.25, -0.2) is 0 Å². The molecular formula is C22H28N2O3. The van der Waals surface area contributed by atoms with E-state index in [-0.39, 0.29) is 5.91 Å². The first-order valence-corrected chi connectivity index (χ1v) is 9.75. The Bertz CT molecular complexity index is 725. The van der Waals surface area contributed by atoms with Gasteiger partial charge in [0, 0.05) is 6.42 Å². The number of amides is 1. The molecule has 2 N–H and O–H groups in total. The fraction of sp³-hybridized carbons (Fsp3) is 0.409. The Morgan fingerprint density at radius 1 is 1.07 bits per heavy atom. The lowest BCUT2D eigenvalue weighted by molar-refractivity contribution is -0.116. The normalized spacial score (nSPS) is 14.6. The number of benzene rings is 2. The van der Waals surface area contributed by atoms with Gasteiger partial charge >= 0.3 is 0 Å². The molecule has 0 aliphatic carbocycles. The van der Waals surface area contributed by atoms with Gasteiger partial charge in [-0.1, -0.05) is 12.1 Å². The zero-order valence-corrected chi connectivity index (χ0v) is 15.9. The van der Waals surface area contributed by atoms with E-state index in [0.717, 1.165) is 38.1 Å². The van der Waals surface area contributed by atoms with Gasteiger partial charge in [0.15, 0.2) is 5.75 Å². The zero-order valence-electron chi connectivity index (χ0n) is 15.9. The van der Waals surface area contributed by atoms with Gasteiger partial charge in [0.1, 0.15) is 11.5 Å². The van der Waals surface area contributed by atoms with E-state index in [1.807, 2.05) is 55.5 Å². The van der Waals surface area contributed by atoms with Crippen molar-refractivity contribution < 1.29 is 14.3 Å². The second-order valence-electron chi connectivity index (χ2n) is 6.78. The van der Waals surface area contributed by atoms with Gasteiger partial charge < -0.3 is 20.1 Å². The maximum atomic E-state index is 12.4. The van der Waals surface area contributed by atoms with Crippen LogP contribution in [-0.4, -0.2) is 25.6 Å². The van der Waals surface area contributed by atoms with Crippen LogP contribution >= 0.6 is 0 Å². The minimum absolute atomic E-state index is 0.0382. The lowest BCUT2D eigenvalue weighted by Crippen LogP contribution is -2.28. The van der Waals surface area contributed by atoms with Crippen LogP contribution in [0.3, 0.4) is 0 Å². The Balaban J connectivity index is 1.57. The molecule has 0 atom stereocenters. The first kappa shape index (κ1) is 19.2. The van der Waals surface area contributed by atoms with Gasteiger partial charge in [-0.2, -0.15) is 0 Å². The van der Waals surface area contributed by atoms with Crippen LogP contribution in [0.25, 0.3) is 0 Å². The number of anilines is 1. The molecule has 1 saturated heterocycles. The largest absolute Gasteiger partial charge is 0.494 e. The summed E-state index contributed by atoms with van der Waals surface area (Å²) < 4.78 is 11.4. The molecule has 3 rings (SSSR count). The highest BCUT2D eigenvalue weighted by molar-refractivity contribution is 5.92. The van der Waals surface area contributed by atoms with Crippen LogP contribution in [0.15, 0.2) is 48.5 Å². The highest BCUT2D eigenvalue weighted by Gasteiger charge is 2.15. The summed E-state index contributed by atoms with van der Waals surface area (Å²) in [4.78, 5) is 12.4. The van der Waals surface area contributed by atoms with Crippen LogP contribution in [0.4, 0.5) is 5.69 Å². The molecule has 0 spiro atoms. The molecule has 1 amide bonds. The number of ether oxygens (including phenoxy) is 2. The molecule has 0 aromatic heterocycles. The van der Waals surface area contributed by atoms with Crippen molar-refractivity contribution in [3.8, 4) is 17.2 Å². The average molecular weight is 368 g/mol. The third-order valence-corrected chi connectivity index (χ3v) is 4.76. The molecule has 0 bridgehead atoms. The van der Waals surface area contributed by atoms with Crippen molar-refractivity contribution >= 4 is 11.6 Å². The van der Waals surface area contributed by atoms with E-state index in [1.54, 1.807) is 0 Å². The molecule has 0 radical (unpaired) electrons. The predicted octanol–water partition coefficient (Wildman–Crippen LogP) is 4.60. The summed E-state index contributed by atoms with van der Waals surface area (Å²) in [5, 5.41) is 6.36. The molecular weight excluding hydrogens is 340 g/mol. The van der Waals surface area contributed by atoms with Crippen molar-refractivity contribution in [2.24, 2.45) is 5.92 Å². The summed E-state index contributed by atoms with van der Waals surface area (Å²) >= 11 is 0. The van der Waals surface area contributed by atoms with Gasteiger partial charge in [-0.15, -0.1) is 0 Å². The SMILES string of the molecule is CCOc1ccc(Oc2ccccc2NC(=O)CCC2CCNCC2)cc1. The maximum Gasteiger partial charge on any atom is 0.224 e. The topological polar surface area (TPSA) is 59.6 Å². The number of hydrogen-bond donors (Lipinski definition) is 2. The standard InChI is InChI=1S/C22H28N2O3/c1-2-26-18-8-10-19(11-9-18)27-21-6-4-3-5-20(21)24-22(25)12-7-17-13-15-23-16-14-17/h3-6,8-11,17,23H,2,7,12-16H2,1H3,(H,24,25). The van der Waals surface area contributed by atoms with Gasteiger partial charge in [0.25, 0.3) is 0 Å². The molecule has 144 valence electrons. The zero-order chi connectivity index (χ0) is 18.9. The molecule has 5 heteroatoms. The lowest BCUT2D eigenvalue weighted by atomic mass is 9.93. The summed E-state index contributed by atoms with van der Waals surface area (Å²) in [5.41, 5.74) is 0.696. The fourth-order valence-corrected chi connectivity index (χ4v) is 3.27. The monoisotopic (exact) mass is 368 g/mol. The van der Waals surface area contributed by atoms with E-state index in [9.17, 15) is 4.79 Å². The Labute approximate surface area is 161 Å². The van der Waals surface area contributed by atoms with Crippen LogP contribution in [0.1, 0.15) is 32.6 Å². The van der Waals surface area contributed by atoms with Gasteiger partial charge in [0.05, 0.1) is 12.3 Å². The Morgan fingerprint density at radius 3 is 2.52 bits per heavy atom. The van der Waals surface area contributed by atoms with E-state index in [1.165, 1.54) is 0 Å². The smallest absolute Gasteiger partial charge is 0.224 e. The van der Waals surface area contributed by atoms with Crippen LogP contribution in [0, 0.1) is 5.92 Å². The van der Waals surface area contributed by atoms with Crippen molar-refractivity contribution in [1.29, 1.82) is 0 Å². The van der Waals surface area contributed by atoms with Gasteiger partial charge in [-0.3, -0.25) is 4.79 Å². The van der Waals surface area contributed by atoms with Crippen LogP contribution in [0.2, 0.25) is 0 Å². The molecule has 2 aromatic rings. The second-order valence-corrected chi connectivity index (χ2v) is 6.78. The number of para-hydroxylation sites is 2. The number of carbonyl (C=O) groups excluding carboxylic acids is 1. The number of carbonyl (C=O) groups is 1. The average Bonchev–Trinajstić information content (AvgIpc) is 2.70. The van der Waals surface area contributed by atoms with E-state index in [0.29, 0.717) is 36.1 Å². The minimum atomic E-state index is 0.0382. The van der Waals surface area contributed by atoms with Crippen molar-refractivity contribution in [3.05, 3.63) is 48.5 Å². The summed E-state index contributed by atoms with van der Waals surface area (Å²) in [5.74, 6) is 2.83. The Hall–Kier alpha value is -2.53. The molecule has 1 heterocycles. The van der Waals surface area contributed by atoms with Crippen molar-refractivity contribution in [3.63, 3.8) is 0 Å². The molecule has 1 aliphatic heterocycles. The third-order valence-electron chi connectivity index (χ3n) is 4.76. The summed E-state index contributed by atoms with van der Waals surface area (Å²) in [6.45, 7) is 4.71. The van der Waals surface area contributed by atoms with Gasteiger partial charge in [-0.05, 0) is 81.6 Å². The van der Waals surface area contributed by atoms with Crippen molar-refractivity contribution in [2.75, 3.05) is 25.0 Å². The van der Waals surface area contributed by atoms with Crippen molar-refractivity contribution in [1.82, 2.24) is 5.32 Å². The predicted molar refractivity (Wildman–Crippen MR) is 108 cm³/mol. The molecule has 5 nitrogen and oxygen atoms in total. The first-order chi connectivity index (χ1) is 13.2. The van der Waals surface area contributed by atoms with Crippen molar-refractivity contribution in [2.45, 2.75) is 32.6 Å². The number of hydrogen-bond acceptors (Lipinski definition) is 4. The summed E-state index contributed by atoms with van der Waals surface area (Å²) in [6.07, 6.45) is 3.80. The highest BCUT2D eigenvalue weighted by Crippen LogP contribution is 2.30. The second kappa shape index (κ2) is 9.97. The molecule has 0 unspecified atom stereocenters. The van der Waals surface area contributed by atoms with E-state index >= 15 is 0 Å². The highest BCUT2D eigenvalue weighted by atomic mass is 16.5. The van der Waals surface area contributed by atoms with Crippen LogP contribution < -0.4 is 20.1 Å². The number of piperidine rings is 1. The molecule has 1 fully saturated rings. The number of rotatable bonds is 8. The minimum Gasteiger partial charge on any atom is -0.494 e. The quantitative estimate of drug-likeness (QED) is 0.715. The molecule has 2 aromatic carbocycles. The lowest BCUT2D eigenvalue weighted by Gasteiger charge is -2.22. The first-order valence-electron chi connectivity index (χ1n) is 9.75. The summed E-state index contributed by atoms with van der Waals surface area (Å²) in [6, 6.07) is 15.0. The van der Waals surface area contributed by atoms with Crippen LogP contribution in [0.5, 0.6) is 17.2 Å². The molecule has 1 aliphatic rings. The van der Waals surface area contributed by atoms with Gasteiger partial charge in [0.2, 0.25) is 5.91 Å². The molecule has 27 heavy (non-hydrogen) atoms. The van der Waals surface area contributed by atoms with E-state index in [4.69, 9.17) is 9.47 Å². The number of nitrogens with one attached hydrogen (secondary N) is 2. The fourth-order valence-electron chi connectivity index (χ4n) is 3.27. The van der Waals surface area contributed by atoms with E-state index in [2.05, 4.69) is 10.6 Å². The Morgan fingerprint density at radius 2 is 1.78 bits per heavy atom. The maximum absolute atomic E-state index is 12.4. The summed E-state index contributed by atoms with van der Waals surface area (Å²) in [7, 11) is 0. The molecule has 0 saturated carbocycles. The third kappa shape index (κ3) is 6.00. The Kier molecular flexibility index (Phi) is 7.11. The van der Waals surface area contributed by atoms with E-state index < -0.39 is 0 Å². The van der Waals surface area contributed by atoms with Crippen LogP contribution in [-0.2, 0) is 4.79 Å².